The van der Waals surface area contributed by atoms with E-state index in [9.17, 15) is 9.59 Å². The molecule has 0 aliphatic heterocycles. The molecule has 0 heterocycles. The lowest BCUT2D eigenvalue weighted by atomic mass is 9.49. The van der Waals surface area contributed by atoms with Gasteiger partial charge < -0.3 is 10.6 Å². The van der Waals surface area contributed by atoms with Gasteiger partial charge in [0.2, 0.25) is 11.8 Å². The number of carbonyl (C=O) groups excluding carboxylic acids is 2. The molecule has 4 saturated carbocycles. The van der Waals surface area contributed by atoms with Crippen molar-refractivity contribution in [3.05, 3.63) is 28.2 Å². The summed E-state index contributed by atoms with van der Waals surface area (Å²) in [5.41, 5.74) is 0.156. The van der Waals surface area contributed by atoms with Gasteiger partial charge in [-0.15, -0.1) is 11.6 Å². The number of rotatable bonds is 4. The summed E-state index contributed by atoms with van der Waals surface area (Å²) in [6, 6.07) is 4.87. The minimum atomic E-state index is -0.393. The average molecular weight is 416 g/mol. The molecule has 0 aromatic heterocycles. The van der Waals surface area contributed by atoms with Crippen LogP contribution in [0.4, 0.5) is 5.69 Å². The van der Waals surface area contributed by atoms with Crippen LogP contribution in [0.3, 0.4) is 0 Å². The molecule has 7 heteroatoms. The smallest absolute Gasteiger partial charge is 0.243 e. The van der Waals surface area contributed by atoms with Crippen molar-refractivity contribution in [2.75, 3.05) is 11.9 Å². The predicted octanol–water partition coefficient (Wildman–Crippen LogP) is 4.63. The van der Waals surface area contributed by atoms with Crippen LogP contribution in [-0.2, 0) is 9.59 Å². The van der Waals surface area contributed by atoms with Crippen LogP contribution in [0.25, 0.3) is 0 Å². The zero-order chi connectivity index (χ0) is 18.5. The molecule has 0 radical (unpaired) electrons. The van der Waals surface area contributed by atoms with Gasteiger partial charge >= 0.3 is 0 Å². The second kappa shape index (κ2) is 6.57. The second-order valence-corrected chi connectivity index (χ2v) is 9.87. The molecule has 2 unspecified atom stereocenters. The van der Waals surface area contributed by atoms with E-state index in [0.29, 0.717) is 27.6 Å². The number of halogens is 3. The molecular formula is C19H21Cl3N2O2. The molecule has 140 valence electrons. The molecule has 4 atom stereocenters. The molecule has 1 aromatic rings. The van der Waals surface area contributed by atoms with E-state index >= 15 is 0 Å². The Bertz CT molecular complexity index is 753. The number of hydrogen-bond acceptors (Lipinski definition) is 2. The zero-order valence-electron chi connectivity index (χ0n) is 14.3. The van der Waals surface area contributed by atoms with Crippen molar-refractivity contribution in [3.8, 4) is 0 Å². The van der Waals surface area contributed by atoms with Crippen molar-refractivity contribution in [3.63, 3.8) is 0 Å². The highest BCUT2D eigenvalue weighted by molar-refractivity contribution is 6.42. The fraction of sp³-hybridized carbons (Fsp3) is 0.579. The lowest BCUT2D eigenvalue weighted by Gasteiger charge is -2.59. The Morgan fingerprint density at radius 1 is 1.08 bits per heavy atom. The van der Waals surface area contributed by atoms with Crippen molar-refractivity contribution >= 4 is 52.3 Å². The molecule has 26 heavy (non-hydrogen) atoms. The van der Waals surface area contributed by atoms with Crippen LogP contribution in [0.15, 0.2) is 18.2 Å². The van der Waals surface area contributed by atoms with E-state index < -0.39 is 5.41 Å². The fourth-order valence-corrected chi connectivity index (χ4v) is 6.53. The highest BCUT2D eigenvalue weighted by atomic mass is 35.5. The Labute approximate surface area is 167 Å². The molecule has 2 amide bonds. The topological polar surface area (TPSA) is 58.2 Å². The summed E-state index contributed by atoms with van der Waals surface area (Å²) < 4.78 is 0. The summed E-state index contributed by atoms with van der Waals surface area (Å²) >= 11 is 18.6. The fourth-order valence-electron chi connectivity index (χ4n) is 5.54. The Hall–Kier alpha value is -0.970. The Morgan fingerprint density at radius 3 is 2.38 bits per heavy atom. The minimum Gasteiger partial charge on any atom is -0.347 e. The lowest BCUT2D eigenvalue weighted by molar-refractivity contribution is -0.145. The maximum Gasteiger partial charge on any atom is 0.243 e. The van der Waals surface area contributed by atoms with E-state index in [4.69, 9.17) is 34.8 Å². The van der Waals surface area contributed by atoms with Gasteiger partial charge in [0.05, 0.1) is 22.0 Å². The number of anilines is 1. The third kappa shape index (κ3) is 3.44. The first-order valence-corrected chi connectivity index (χ1v) is 10.1. The van der Waals surface area contributed by atoms with Crippen molar-refractivity contribution in [2.45, 2.75) is 43.4 Å². The molecule has 4 aliphatic carbocycles. The average Bonchev–Trinajstić information content (AvgIpc) is 2.53. The number of benzene rings is 1. The number of nitrogens with one attached hydrogen (secondary N) is 2. The molecule has 4 nitrogen and oxygen atoms in total. The molecule has 2 N–H and O–H groups in total. The SMILES string of the molecule is O=C(CNC(=O)C12C[C@@H]3C[C@@H](CC(Cl)(C3)C1)C2)Nc1ccc(Cl)c(Cl)c1. The molecular weight excluding hydrogens is 395 g/mol. The Morgan fingerprint density at radius 2 is 1.77 bits per heavy atom. The van der Waals surface area contributed by atoms with Gasteiger partial charge in [-0.2, -0.15) is 0 Å². The monoisotopic (exact) mass is 414 g/mol. The number of carbonyl (C=O) groups is 2. The molecule has 4 aliphatic rings. The van der Waals surface area contributed by atoms with E-state index in [2.05, 4.69) is 10.6 Å². The van der Waals surface area contributed by atoms with Gasteiger partial charge in [0.25, 0.3) is 0 Å². The Kier molecular flexibility index (Phi) is 4.65. The van der Waals surface area contributed by atoms with Crippen LogP contribution >= 0.6 is 34.8 Å². The third-order valence-corrected chi connectivity index (χ3v) is 7.27. The summed E-state index contributed by atoms with van der Waals surface area (Å²) in [6.45, 7) is -0.0640. The normalized spacial score (nSPS) is 34.6. The molecule has 5 rings (SSSR count). The standard InChI is InChI=1S/C19H21Cl3N2O2/c20-14-2-1-13(4-15(14)21)24-16(25)9-23-17(26)18-5-11-3-12(6-18)8-19(22,7-11)10-18/h1-2,4,11-12H,3,5-10H2,(H,23,26)(H,24,25)/t11-,12+,18?,19?. The first-order valence-electron chi connectivity index (χ1n) is 8.99. The summed E-state index contributed by atoms with van der Waals surface area (Å²) in [6.07, 6.45) is 5.78. The maximum atomic E-state index is 12.9. The van der Waals surface area contributed by atoms with Crippen LogP contribution < -0.4 is 10.6 Å². The van der Waals surface area contributed by atoms with Gasteiger partial charge in [0.15, 0.2) is 0 Å². The summed E-state index contributed by atoms with van der Waals surface area (Å²) in [5, 5.41) is 6.35. The van der Waals surface area contributed by atoms with Crippen molar-refractivity contribution in [1.29, 1.82) is 0 Å². The van der Waals surface area contributed by atoms with Gasteiger partial charge in [-0.3, -0.25) is 9.59 Å². The molecule has 4 bridgehead atoms. The summed E-state index contributed by atoms with van der Waals surface area (Å²) in [4.78, 5) is 24.9. The highest BCUT2D eigenvalue weighted by Crippen LogP contribution is 2.63. The van der Waals surface area contributed by atoms with E-state index in [1.54, 1.807) is 18.2 Å². The maximum absolute atomic E-state index is 12.9. The number of hydrogen-bond donors (Lipinski definition) is 2. The van der Waals surface area contributed by atoms with Crippen LogP contribution in [0.1, 0.15) is 38.5 Å². The second-order valence-electron chi connectivity index (χ2n) is 8.25. The van der Waals surface area contributed by atoms with E-state index in [1.165, 1.54) is 6.42 Å². The van der Waals surface area contributed by atoms with E-state index in [0.717, 1.165) is 32.1 Å². The number of alkyl halides is 1. The van der Waals surface area contributed by atoms with Gasteiger partial charge in [-0.1, -0.05) is 23.2 Å². The van der Waals surface area contributed by atoms with Crippen LogP contribution in [0.2, 0.25) is 10.0 Å². The first kappa shape index (κ1) is 18.4. The van der Waals surface area contributed by atoms with Gasteiger partial charge in [-0.25, -0.2) is 0 Å². The molecule has 0 saturated heterocycles. The summed E-state index contributed by atoms with van der Waals surface area (Å²) in [7, 11) is 0. The van der Waals surface area contributed by atoms with Gasteiger partial charge in [0, 0.05) is 10.6 Å². The molecule has 4 fully saturated rings. The van der Waals surface area contributed by atoms with Crippen LogP contribution in [-0.4, -0.2) is 23.2 Å². The van der Waals surface area contributed by atoms with Crippen molar-refractivity contribution in [1.82, 2.24) is 5.32 Å². The predicted molar refractivity (Wildman–Crippen MR) is 104 cm³/mol. The highest BCUT2D eigenvalue weighted by Gasteiger charge is 2.60. The zero-order valence-corrected chi connectivity index (χ0v) is 16.6. The minimum absolute atomic E-state index is 0.0269. The number of amides is 2. The quantitative estimate of drug-likeness (QED) is 0.705. The molecule has 1 aromatic carbocycles. The van der Waals surface area contributed by atoms with Crippen molar-refractivity contribution < 1.29 is 9.59 Å². The van der Waals surface area contributed by atoms with E-state index in [-0.39, 0.29) is 23.2 Å². The largest absolute Gasteiger partial charge is 0.347 e. The van der Waals surface area contributed by atoms with Crippen LogP contribution in [0, 0.1) is 17.3 Å². The van der Waals surface area contributed by atoms with E-state index in [1.807, 2.05) is 0 Å². The third-order valence-electron chi connectivity index (χ3n) is 6.08. The van der Waals surface area contributed by atoms with Gasteiger partial charge in [0.1, 0.15) is 0 Å². The lowest BCUT2D eigenvalue weighted by Crippen LogP contribution is -2.58. The van der Waals surface area contributed by atoms with Crippen molar-refractivity contribution in [2.24, 2.45) is 17.3 Å². The Balaban J connectivity index is 1.36. The molecule has 0 spiro atoms. The first-order chi connectivity index (χ1) is 12.3. The van der Waals surface area contributed by atoms with Crippen LogP contribution in [0.5, 0.6) is 0 Å². The summed E-state index contributed by atoms with van der Waals surface area (Å²) in [5.74, 6) is 0.775. The van der Waals surface area contributed by atoms with Gasteiger partial charge in [-0.05, 0) is 68.6 Å².